The maximum absolute atomic E-state index is 14.2. The van der Waals surface area contributed by atoms with Crippen molar-refractivity contribution >= 4 is 11.8 Å². The Balaban J connectivity index is 1.35. The van der Waals surface area contributed by atoms with E-state index in [4.69, 9.17) is 5.73 Å². The number of urea groups is 1. The smallest absolute Gasteiger partial charge is 0.312 e. The zero-order valence-electron chi connectivity index (χ0n) is 15.0. The Labute approximate surface area is 157 Å². The lowest BCUT2D eigenvalue weighted by Gasteiger charge is -2.41. The number of nitrogens with two attached hydrogens (primary N) is 1. The molecule has 0 aliphatic heterocycles. The van der Waals surface area contributed by atoms with E-state index in [1.807, 2.05) is 12.1 Å². The highest BCUT2D eigenvalue weighted by Crippen LogP contribution is 2.43. The number of carbonyl (C=O) groups is 1. The number of primary amides is 1. The molecule has 0 unspecified atom stereocenters. The molecule has 2 aliphatic rings. The van der Waals surface area contributed by atoms with Crippen molar-refractivity contribution in [3.8, 4) is 0 Å². The van der Waals surface area contributed by atoms with E-state index in [-0.39, 0.29) is 17.3 Å². The number of anilines is 1. The first kappa shape index (κ1) is 17.6. The molecule has 7 nitrogen and oxygen atoms in total. The Hall–Kier alpha value is -2.77. The van der Waals surface area contributed by atoms with Crippen LogP contribution in [0.3, 0.4) is 0 Å². The van der Waals surface area contributed by atoms with Gasteiger partial charge in [0.15, 0.2) is 0 Å². The minimum absolute atomic E-state index is 0.124. The van der Waals surface area contributed by atoms with Gasteiger partial charge >= 0.3 is 6.03 Å². The molecule has 0 saturated heterocycles. The number of pyridine rings is 1. The van der Waals surface area contributed by atoms with Crippen LogP contribution in [-0.4, -0.2) is 33.8 Å². The number of nitrogens with one attached hydrogen (secondary N) is 2. The van der Waals surface area contributed by atoms with Gasteiger partial charge in [-0.25, -0.2) is 9.18 Å². The van der Waals surface area contributed by atoms with Crippen molar-refractivity contribution in [3.63, 3.8) is 0 Å². The van der Waals surface area contributed by atoms with Crippen LogP contribution in [0.4, 0.5) is 15.0 Å². The van der Waals surface area contributed by atoms with Crippen molar-refractivity contribution in [1.29, 1.82) is 0 Å². The van der Waals surface area contributed by atoms with E-state index in [0.717, 1.165) is 37.8 Å². The van der Waals surface area contributed by atoms with E-state index in [2.05, 4.69) is 25.8 Å². The van der Waals surface area contributed by atoms with Crippen molar-refractivity contribution in [2.75, 3.05) is 11.9 Å². The Morgan fingerprint density at radius 3 is 2.67 bits per heavy atom. The Morgan fingerprint density at radius 2 is 2.07 bits per heavy atom. The summed E-state index contributed by atoms with van der Waals surface area (Å²) in [4.78, 5) is 15.1. The highest BCUT2D eigenvalue weighted by molar-refractivity contribution is 5.72. The average Bonchev–Trinajstić information content (AvgIpc) is 2.59. The van der Waals surface area contributed by atoms with Gasteiger partial charge in [0.05, 0.1) is 11.4 Å². The largest absolute Gasteiger partial charge is 0.368 e. The highest BCUT2D eigenvalue weighted by Gasteiger charge is 2.41. The molecule has 0 aromatic carbocycles. The monoisotopic (exact) mass is 370 g/mol. The van der Waals surface area contributed by atoms with Crippen molar-refractivity contribution in [2.45, 2.75) is 49.5 Å². The second-order valence-corrected chi connectivity index (χ2v) is 7.54. The highest BCUT2D eigenvalue weighted by atomic mass is 19.1. The summed E-state index contributed by atoms with van der Waals surface area (Å²) in [7, 11) is 0. The summed E-state index contributed by atoms with van der Waals surface area (Å²) in [6.45, 7) is 0.586. The van der Waals surface area contributed by atoms with Crippen LogP contribution < -0.4 is 16.4 Å². The lowest BCUT2D eigenvalue weighted by atomic mass is 9.66. The molecule has 2 aromatic heterocycles. The Kier molecular flexibility index (Phi) is 4.63. The molecule has 2 aliphatic carbocycles. The van der Waals surface area contributed by atoms with Crippen LogP contribution in [0.2, 0.25) is 0 Å². The summed E-state index contributed by atoms with van der Waals surface area (Å²) in [6.07, 6.45) is 6.20. The zero-order valence-corrected chi connectivity index (χ0v) is 15.0. The number of halogens is 1. The summed E-state index contributed by atoms with van der Waals surface area (Å²) in [5, 5.41) is 14.6. The number of hydrogen-bond donors (Lipinski definition) is 3. The average molecular weight is 370 g/mol. The van der Waals surface area contributed by atoms with Crippen molar-refractivity contribution < 1.29 is 9.18 Å². The van der Waals surface area contributed by atoms with Crippen LogP contribution in [0.5, 0.6) is 0 Å². The van der Waals surface area contributed by atoms with Gasteiger partial charge < -0.3 is 16.4 Å². The molecular weight excluding hydrogens is 347 g/mol. The van der Waals surface area contributed by atoms with Gasteiger partial charge in [0.25, 0.3) is 0 Å². The summed E-state index contributed by atoms with van der Waals surface area (Å²) >= 11 is 0. The molecule has 4 N–H and O–H groups in total. The van der Waals surface area contributed by atoms with E-state index in [1.54, 1.807) is 12.3 Å². The van der Waals surface area contributed by atoms with Crippen molar-refractivity contribution in [3.05, 3.63) is 47.7 Å². The minimum atomic E-state index is -0.488. The fraction of sp³-hybridized carbons (Fsp3) is 0.474. The van der Waals surface area contributed by atoms with Crippen LogP contribution in [0.25, 0.3) is 0 Å². The molecule has 2 aromatic rings. The van der Waals surface area contributed by atoms with E-state index in [0.29, 0.717) is 24.0 Å². The predicted octanol–water partition coefficient (Wildman–Crippen LogP) is 2.46. The first-order chi connectivity index (χ1) is 13.1. The molecule has 8 heteroatoms. The molecular formula is C19H23FN6O. The number of nitrogens with zero attached hydrogens (tertiary/aromatic N) is 3. The van der Waals surface area contributed by atoms with Crippen LogP contribution >= 0.6 is 0 Å². The molecule has 0 atom stereocenters. The number of carbonyl (C=O) groups excluding carboxylic acids is 1. The molecule has 0 radical (unpaired) electrons. The minimum Gasteiger partial charge on any atom is -0.368 e. The molecule has 0 bridgehead atoms. The summed E-state index contributed by atoms with van der Waals surface area (Å²) in [6, 6.07) is 6.58. The summed E-state index contributed by atoms with van der Waals surface area (Å²) in [5.74, 6) is 0.723. The summed E-state index contributed by atoms with van der Waals surface area (Å²) in [5.41, 5.74) is 6.31. The van der Waals surface area contributed by atoms with E-state index in [1.165, 1.54) is 6.07 Å². The lowest BCUT2D eigenvalue weighted by Crippen LogP contribution is -2.45. The van der Waals surface area contributed by atoms with Gasteiger partial charge in [0.1, 0.15) is 11.6 Å². The Morgan fingerprint density at radius 1 is 1.26 bits per heavy atom. The van der Waals surface area contributed by atoms with Gasteiger partial charge in [-0.3, -0.25) is 4.98 Å². The Bertz CT molecular complexity index is 817. The molecule has 2 amide bonds. The fourth-order valence-electron chi connectivity index (χ4n) is 3.97. The molecule has 27 heavy (non-hydrogen) atoms. The van der Waals surface area contributed by atoms with E-state index >= 15 is 0 Å². The zero-order chi connectivity index (χ0) is 18.9. The van der Waals surface area contributed by atoms with Crippen LogP contribution in [0, 0.1) is 5.82 Å². The first-order valence-corrected chi connectivity index (χ1v) is 9.30. The van der Waals surface area contributed by atoms with Gasteiger partial charge in [-0.1, -0.05) is 6.42 Å². The SMILES string of the molecule is NC(=O)NC1CC(c2ccc(NCC3(c4ncccc4F)CCC3)nn2)C1. The van der Waals surface area contributed by atoms with Gasteiger partial charge in [0.2, 0.25) is 0 Å². The van der Waals surface area contributed by atoms with Gasteiger partial charge in [-0.05, 0) is 49.9 Å². The van der Waals surface area contributed by atoms with Crippen molar-refractivity contribution in [2.24, 2.45) is 5.73 Å². The van der Waals surface area contributed by atoms with Crippen LogP contribution in [0.1, 0.15) is 49.4 Å². The predicted molar refractivity (Wildman–Crippen MR) is 98.7 cm³/mol. The molecule has 142 valence electrons. The third-order valence-electron chi connectivity index (χ3n) is 5.77. The second-order valence-electron chi connectivity index (χ2n) is 7.54. The van der Waals surface area contributed by atoms with Crippen molar-refractivity contribution in [1.82, 2.24) is 20.5 Å². The second kappa shape index (κ2) is 7.09. The third kappa shape index (κ3) is 3.56. The third-order valence-corrected chi connectivity index (χ3v) is 5.77. The van der Waals surface area contributed by atoms with Gasteiger partial charge in [-0.15, -0.1) is 5.10 Å². The topological polar surface area (TPSA) is 106 Å². The fourth-order valence-corrected chi connectivity index (χ4v) is 3.97. The van der Waals surface area contributed by atoms with Crippen LogP contribution in [-0.2, 0) is 5.41 Å². The van der Waals surface area contributed by atoms with Gasteiger partial charge in [-0.2, -0.15) is 5.10 Å². The molecule has 2 heterocycles. The quantitative estimate of drug-likeness (QED) is 0.724. The molecule has 2 fully saturated rings. The molecule has 0 spiro atoms. The number of aromatic nitrogens is 3. The van der Waals surface area contributed by atoms with E-state index in [9.17, 15) is 9.18 Å². The normalized spacial score (nSPS) is 23.0. The lowest BCUT2D eigenvalue weighted by molar-refractivity contribution is 0.229. The standard InChI is InChI=1S/C19H23FN6O/c20-14-3-1-8-22-17(14)19(6-2-7-19)11-23-16-5-4-15(25-26-16)12-9-13(10-12)24-18(21)27/h1,3-5,8,12-13H,2,6-7,9-11H2,(H,23,26)(H3,21,24,27). The van der Waals surface area contributed by atoms with Crippen LogP contribution in [0.15, 0.2) is 30.5 Å². The number of rotatable bonds is 6. The van der Waals surface area contributed by atoms with E-state index < -0.39 is 6.03 Å². The maximum atomic E-state index is 14.2. The molecule has 2 saturated carbocycles. The summed E-state index contributed by atoms with van der Waals surface area (Å²) < 4.78 is 14.2. The van der Waals surface area contributed by atoms with Gasteiger partial charge in [0, 0.05) is 30.1 Å². The first-order valence-electron chi connectivity index (χ1n) is 9.30. The molecule has 4 rings (SSSR count). The number of hydrogen-bond acceptors (Lipinski definition) is 5. The maximum Gasteiger partial charge on any atom is 0.312 e. The number of amides is 2.